The molecule has 1 aromatic carbocycles. The molecule has 0 fully saturated rings. The Morgan fingerprint density at radius 3 is 2.76 bits per heavy atom. The van der Waals surface area contributed by atoms with Crippen molar-refractivity contribution >= 4 is 27.0 Å². The monoisotopic (exact) mass is 254 g/mol. The van der Waals surface area contributed by atoms with E-state index in [2.05, 4.69) is 10.3 Å². The van der Waals surface area contributed by atoms with Gasteiger partial charge in [0.2, 0.25) is 0 Å². The first-order valence-electron chi connectivity index (χ1n) is 5.24. The summed E-state index contributed by atoms with van der Waals surface area (Å²) in [4.78, 5) is 4.21. The van der Waals surface area contributed by atoms with Crippen molar-refractivity contribution in [2.24, 2.45) is 0 Å². The van der Waals surface area contributed by atoms with Gasteiger partial charge in [0.25, 0.3) is 6.01 Å². The maximum atomic E-state index is 11.1. The van der Waals surface area contributed by atoms with Gasteiger partial charge in [0, 0.05) is 12.3 Å². The predicted molar refractivity (Wildman–Crippen MR) is 66.8 cm³/mol. The van der Waals surface area contributed by atoms with Crippen LogP contribution < -0.4 is 5.32 Å². The molecule has 0 saturated carbocycles. The SMILES string of the molecule is CC(CS(C)(=O)=O)Nc1nc2ccccc2o1. The Morgan fingerprint density at radius 1 is 1.41 bits per heavy atom. The minimum atomic E-state index is -3.01. The lowest BCUT2D eigenvalue weighted by Gasteiger charge is -2.09. The molecule has 0 saturated heterocycles. The second-order valence-corrected chi connectivity index (χ2v) is 6.31. The van der Waals surface area contributed by atoms with E-state index < -0.39 is 9.84 Å². The lowest BCUT2D eigenvalue weighted by atomic mass is 10.3. The highest BCUT2D eigenvalue weighted by Gasteiger charge is 2.13. The Hall–Kier alpha value is -1.56. The number of para-hydroxylation sites is 2. The van der Waals surface area contributed by atoms with Crippen molar-refractivity contribution in [3.05, 3.63) is 24.3 Å². The first-order valence-corrected chi connectivity index (χ1v) is 7.30. The zero-order valence-electron chi connectivity index (χ0n) is 9.67. The number of nitrogens with one attached hydrogen (secondary N) is 1. The van der Waals surface area contributed by atoms with Crippen molar-refractivity contribution in [1.82, 2.24) is 4.98 Å². The van der Waals surface area contributed by atoms with Crippen LogP contribution in [0, 0.1) is 0 Å². The molecule has 2 rings (SSSR count). The summed E-state index contributed by atoms with van der Waals surface area (Å²) in [6.45, 7) is 1.77. The second-order valence-electron chi connectivity index (χ2n) is 4.12. The van der Waals surface area contributed by atoms with Crippen LogP contribution in [-0.2, 0) is 9.84 Å². The van der Waals surface area contributed by atoms with Gasteiger partial charge in [-0.05, 0) is 19.1 Å². The average Bonchev–Trinajstić information content (AvgIpc) is 2.55. The minimum absolute atomic E-state index is 0.0473. The minimum Gasteiger partial charge on any atom is -0.424 e. The van der Waals surface area contributed by atoms with Crippen molar-refractivity contribution in [1.29, 1.82) is 0 Å². The Kier molecular flexibility index (Phi) is 3.06. The van der Waals surface area contributed by atoms with E-state index in [1.807, 2.05) is 24.3 Å². The molecule has 1 atom stereocenters. The third-order valence-electron chi connectivity index (χ3n) is 2.22. The Bertz CT molecular complexity index is 585. The quantitative estimate of drug-likeness (QED) is 0.898. The van der Waals surface area contributed by atoms with E-state index >= 15 is 0 Å². The van der Waals surface area contributed by atoms with Crippen LogP contribution in [0.5, 0.6) is 0 Å². The fourth-order valence-electron chi connectivity index (χ4n) is 1.64. The van der Waals surface area contributed by atoms with Gasteiger partial charge in [-0.2, -0.15) is 4.98 Å². The summed E-state index contributed by atoms with van der Waals surface area (Å²) in [5.41, 5.74) is 1.43. The van der Waals surface area contributed by atoms with Gasteiger partial charge in [-0.1, -0.05) is 12.1 Å². The van der Waals surface area contributed by atoms with Crippen molar-refractivity contribution in [3.8, 4) is 0 Å². The lowest BCUT2D eigenvalue weighted by Crippen LogP contribution is -2.25. The fraction of sp³-hybridized carbons (Fsp3) is 0.364. The molecule has 92 valence electrons. The van der Waals surface area contributed by atoms with Crippen LogP contribution in [0.1, 0.15) is 6.92 Å². The summed E-state index contributed by atoms with van der Waals surface area (Å²) in [7, 11) is -3.01. The normalized spacial score (nSPS) is 13.8. The van der Waals surface area contributed by atoms with Gasteiger partial charge < -0.3 is 9.73 Å². The zero-order valence-corrected chi connectivity index (χ0v) is 10.5. The number of rotatable bonds is 4. The van der Waals surface area contributed by atoms with E-state index in [0.717, 1.165) is 5.52 Å². The molecule has 0 aliphatic heterocycles. The number of aromatic nitrogens is 1. The molecule has 0 spiro atoms. The number of fused-ring (bicyclic) bond motifs is 1. The fourth-order valence-corrected chi connectivity index (χ4v) is 2.63. The Morgan fingerprint density at radius 2 is 2.12 bits per heavy atom. The number of nitrogens with zero attached hydrogens (tertiary/aromatic N) is 1. The van der Waals surface area contributed by atoms with E-state index in [0.29, 0.717) is 11.6 Å². The molecule has 0 aliphatic carbocycles. The maximum Gasteiger partial charge on any atom is 0.295 e. The van der Waals surface area contributed by atoms with Gasteiger partial charge in [0.15, 0.2) is 5.58 Å². The summed E-state index contributed by atoms with van der Waals surface area (Å²) in [5, 5.41) is 2.93. The summed E-state index contributed by atoms with van der Waals surface area (Å²) in [6.07, 6.45) is 1.21. The van der Waals surface area contributed by atoms with Crippen LogP contribution in [0.4, 0.5) is 6.01 Å². The number of sulfone groups is 1. The first kappa shape index (κ1) is 11.9. The number of hydrogen-bond acceptors (Lipinski definition) is 5. The van der Waals surface area contributed by atoms with Crippen LogP contribution in [0.25, 0.3) is 11.1 Å². The molecule has 1 unspecified atom stereocenters. The van der Waals surface area contributed by atoms with Crippen LogP contribution in [-0.4, -0.2) is 31.5 Å². The highest BCUT2D eigenvalue weighted by Crippen LogP contribution is 2.18. The van der Waals surface area contributed by atoms with Crippen LogP contribution in [0.3, 0.4) is 0 Å². The van der Waals surface area contributed by atoms with Crippen molar-refractivity contribution < 1.29 is 12.8 Å². The summed E-state index contributed by atoms with van der Waals surface area (Å²) in [5.74, 6) is 0.0473. The lowest BCUT2D eigenvalue weighted by molar-refractivity contribution is 0.589. The smallest absolute Gasteiger partial charge is 0.295 e. The number of oxazole rings is 1. The molecule has 0 bridgehead atoms. The summed E-state index contributed by atoms with van der Waals surface area (Å²) >= 11 is 0. The summed E-state index contributed by atoms with van der Waals surface area (Å²) < 4.78 is 27.7. The van der Waals surface area contributed by atoms with E-state index in [1.165, 1.54) is 6.26 Å². The third-order valence-corrected chi connectivity index (χ3v) is 3.32. The highest BCUT2D eigenvalue weighted by atomic mass is 32.2. The van der Waals surface area contributed by atoms with Crippen LogP contribution in [0.2, 0.25) is 0 Å². The van der Waals surface area contributed by atoms with Gasteiger partial charge in [0.1, 0.15) is 15.4 Å². The molecule has 2 aromatic rings. The molecule has 1 aromatic heterocycles. The average molecular weight is 254 g/mol. The topological polar surface area (TPSA) is 72.2 Å². The van der Waals surface area contributed by atoms with Crippen LogP contribution >= 0.6 is 0 Å². The van der Waals surface area contributed by atoms with Crippen molar-refractivity contribution in [2.75, 3.05) is 17.3 Å². The molecular weight excluding hydrogens is 240 g/mol. The van der Waals surface area contributed by atoms with Crippen molar-refractivity contribution in [2.45, 2.75) is 13.0 Å². The van der Waals surface area contributed by atoms with Gasteiger partial charge in [-0.25, -0.2) is 8.42 Å². The summed E-state index contributed by atoms with van der Waals surface area (Å²) in [6, 6.07) is 7.49. The van der Waals surface area contributed by atoms with E-state index in [-0.39, 0.29) is 11.8 Å². The molecule has 1 N–H and O–H groups in total. The molecule has 6 heteroatoms. The molecule has 0 aliphatic rings. The highest BCUT2D eigenvalue weighted by molar-refractivity contribution is 7.90. The Labute approximate surface area is 99.8 Å². The first-order chi connectivity index (χ1) is 7.94. The van der Waals surface area contributed by atoms with Crippen LogP contribution in [0.15, 0.2) is 28.7 Å². The molecule has 0 radical (unpaired) electrons. The molecule has 5 nitrogen and oxygen atoms in total. The maximum absolute atomic E-state index is 11.1. The molecule has 17 heavy (non-hydrogen) atoms. The molecular formula is C11H14N2O3S. The standard InChI is InChI=1S/C11H14N2O3S/c1-8(7-17(2,14)15)12-11-13-9-5-3-4-6-10(9)16-11/h3-6,8H,7H2,1-2H3,(H,12,13). The van der Waals surface area contributed by atoms with E-state index in [9.17, 15) is 8.42 Å². The number of hydrogen-bond donors (Lipinski definition) is 1. The molecule has 1 heterocycles. The zero-order chi connectivity index (χ0) is 12.5. The second kappa shape index (κ2) is 4.37. The van der Waals surface area contributed by atoms with Gasteiger partial charge >= 0.3 is 0 Å². The largest absolute Gasteiger partial charge is 0.424 e. The van der Waals surface area contributed by atoms with Gasteiger partial charge in [-0.15, -0.1) is 0 Å². The Balaban J connectivity index is 2.13. The third kappa shape index (κ3) is 3.20. The van der Waals surface area contributed by atoms with Gasteiger partial charge in [0.05, 0.1) is 5.75 Å². The van der Waals surface area contributed by atoms with Crippen molar-refractivity contribution in [3.63, 3.8) is 0 Å². The van der Waals surface area contributed by atoms with E-state index in [1.54, 1.807) is 6.92 Å². The number of benzene rings is 1. The van der Waals surface area contributed by atoms with E-state index in [4.69, 9.17) is 4.42 Å². The number of anilines is 1. The van der Waals surface area contributed by atoms with Gasteiger partial charge in [-0.3, -0.25) is 0 Å². The predicted octanol–water partition coefficient (Wildman–Crippen LogP) is 1.67. The molecule has 0 amide bonds.